The van der Waals surface area contributed by atoms with Gasteiger partial charge in [-0.05, 0) is 41.7 Å². The highest BCUT2D eigenvalue weighted by molar-refractivity contribution is 6.01. The molecule has 3 heterocycles. The van der Waals surface area contributed by atoms with Crippen molar-refractivity contribution in [1.82, 2.24) is 10.2 Å². The number of urea groups is 1. The van der Waals surface area contributed by atoms with E-state index >= 15 is 0 Å². The minimum atomic E-state index is -0.846. The predicted octanol–water partition coefficient (Wildman–Crippen LogP) is 1.87. The Bertz CT molecular complexity index is 809. The first-order valence-electron chi connectivity index (χ1n) is 9.74. The van der Waals surface area contributed by atoms with E-state index in [2.05, 4.69) is 16.5 Å². The van der Waals surface area contributed by atoms with E-state index < -0.39 is 11.9 Å². The van der Waals surface area contributed by atoms with Crippen LogP contribution in [0.1, 0.15) is 30.9 Å². The van der Waals surface area contributed by atoms with Gasteiger partial charge < -0.3 is 24.9 Å². The number of carboxylic acids is 1. The zero-order chi connectivity index (χ0) is 19.7. The number of oxime groups is 1. The molecular formula is C20H25N3O5. The highest BCUT2D eigenvalue weighted by atomic mass is 16.6. The SMILES string of the molecule is CC1CC(C(=O)O)CN(C(=O)NCC2CC(c3ccc4c(c3)CCO4)=NO2)C1. The van der Waals surface area contributed by atoms with E-state index in [9.17, 15) is 14.7 Å². The topological polar surface area (TPSA) is 100 Å². The van der Waals surface area contributed by atoms with E-state index in [-0.39, 0.29) is 24.6 Å². The summed E-state index contributed by atoms with van der Waals surface area (Å²) in [6.45, 7) is 3.84. The molecule has 3 atom stereocenters. The molecule has 1 saturated heterocycles. The van der Waals surface area contributed by atoms with Crippen molar-refractivity contribution in [3.05, 3.63) is 29.3 Å². The first-order valence-corrected chi connectivity index (χ1v) is 9.74. The Hall–Kier alpha value is -2.77. The van der Waals surface area contributed by atoms with Crippen LogP contribution in [0, 0.1) is 11.8 Å². The highest BCUT2D eigenvalue weighted by Gasteiger charge is 2.32. The number of fused-ring (bicyclic) bond motifs is 1. The number of carbonyl (C=O) groups excluding carboxylic acids is 1. The molecule has 0 bridgehead atoms. The van der Waals surface area contributed by atoms with Crippen LogP contribution in [0.25, 0.3) is 0 Å². The third kappa shape index (κ3) is 3.90. The second kappa shape index (κ2) is 7.69. The van der Waals surface area contributed by atoms with Crippen molar-refractivity contribution in [1.29, 1.82) is 0 Å². The van der Waals surface area contributed by atoms with Gasteiger partial charge in [-0.25, -0.2) is 4.79 Å². The molecule has 150 valence electrons. The number of ether oxygens (including phenoxy) is 1. The Labute approximate surface area is 163 Å². The van der Waals surface area contributed by atoms with E-state index in [4.69, 9.17) is 9.57 Å². The average molecular weight is 387 g/mol. The van der Waals surface area contributed by atoms with Gasteiger partial charge in [0, 0.05) is 25.9 Å². The van der Waals surface area contributed by atoms with Crippen molar-refractivity contribution < 1.29 is 24.3 Å². The van der Waals surface area contributed by atoms with E-state index in [1.54, 1.807) is 4.90 Å². The molecule has 2 N–H and O–H groups in total. The van der Waals surface area contributed by atoms with Gasteiger partial charge in [-0.2, -0.15) is 0 Å². The normalized spacial score (nSPS) is 26.1. The number of likely N-dealkylation sites (tertiary alicyclic amines) is 1. The van der Waals surface area contributed by atoms with Crippen molar-refractivity contribution in [2.24, 2.45) is 17.0 Å². The summed E-state index contributed by atoms with van der Waals surface area (Å²) in [6, 6.07) is 5.79. The van der Waals surface area contributed by atoms with Gasteiger partial charge in [0.2, 0.25) is 0 Å². The average Bonchev–Trinajstić information content (AvgIpc) is 3.34. The Kier molecular flexibility index (Phi) is 5.11. The Morgan fingerprint density at radius 2 is 2.21 bits per heavy atom. The van der Waals surface area contributed by atoms with Crippen LogP contribution in [0.15, 0.2) is 23.4 Å². The van der Waals surface area contributed by atoms with E-state index in [1.165, 1.54) is 5.56 Å². The molecule has 1 aromatic rings. The fourth-order valence-corrected chi connectivity index (χ4v) is 4.08. The van der Waals surface area contributed by atoms with Crippen molar-refractivity contribution in [2.45, 2.75) is 32.3 Å². The summed E-state index contributed by atoms with van der Waals surface area (Å²) < 4.78 is 5.53. The summed E-state index contributed by atoms with van der Waals surface area (Å²) in [5, 5.41) is 16.3. The molecule has 4 rings (SSSR count). The molecule has 1 fully saturated rings. The van der Waals surface area contributed by atoms with E-state index in [1.807, 2.05) is 19.1 Å². The van der Waals surface area contributed by atoms with Crippen molar-refractivity contribution in [3.8, 4) is 5.75 Å². The number of carboxylic acid groups (broad SMARTS) is 1. The number of nitrogens with zero attached hydrogens (tertiary/aromatic N) is 2. The first kappa shape index (κ1) is 18.6. The van der Waals surface area contributed by atoms with Crippen molar-refractivity contribution >= 4 is 17.7 Å². The zero-order valence-corrected chi connectivity index (χ0v) is 15.9. The molecule has 3 unspecified atom stereocenters. The van der Waals surface area contributed by atoms with Gasteiger partial charge >= 0.3 is 12.0 Å². The molecule has 1 aromatic carbocycles. The molecule has 2 amide bonds. The van der Waals surface area contributed by atoms with Crippen LogP contribution in [-0.4, -0.2) is 60.1 Å². The van der Waals surface area contributed by atoms with Gasteiger partial charge in [0.25, 0.3) is 0 Å². The maximum absolute atomic E-state index is 12.5. The molecule has 0 aromatic heterocycles. The number of piperidine rings is 1. The number of carbonyl (C=O) groups is 2. The lowest BCUT2D eigenvalue weighted by molar-refractivity contribution is -0.143. The molecule has 28 heavy (non-hydrogen) atoms. The lowest BCUT2D eigenvalue weighted by Crippen LogP contribution is -2.50. The molecule has 8 nitrogen and oxygen atoms in total. The number of rotatable bonds is 4. The maximum atomic E-state index is 12.5. The second-order valence-corrected chi connectivity index (χ2v) is 7.86. The molecular weight excluding hydrogens is 362 g/mol. The molecule has 3 aliphatic heterocycles. The smallest absolute Gasteiger partial charge is 0.317 e. The zero-order valence-electron chi connectivity index (χ0n) is 15.9. The van der Waals surface area contributed by atoms with Crippen molar-refractivity contribution in [2.75, 3.05) is 26.2 Å². The lowest BCUT2D eigenvalue weighted by atomic mass is 9.91. The van der Waals surface area contributed by atoms with Gasteiger partial charge in [-0.15, -0.1) is 0 Å². The number of amides is 2. The molecule has 0 saturated carbocycles. The fraction of sp³-hybridized carbons (Fsp3) is 0.550. The quantitative estimate of drug-likeness (QED) is 0.821. The molecule has 0 spiro atoms. The predicted molar refractivity (Wildman–Crippen MR) is 102 cm³/mol. The Morgan fingerprint density at radius 1 is 1.36 bits per heavy atom. The summed E-state index contributed by atoms with van der Waals surface area (Å²) in [5.41, 5.74) is 3.07. The standard InChI is InChI=1S/C20H25N3O5/c1-12-6-15(19(24)25)11-23(10-12)20(26)21-9-16-8-17(22-28-16)13-2-3-18-14(7-13)4-5-27-18/h2-3,7,12,15-16H,4-6,8-11H2,1H3,(H,21,26)(H,24,25). The van der Waals surface area contributed by atoms with Crippen LogP contribution in [0.2, 0.25) is 0 Å². The van der Waals surface area contributed by atoms with Crippen LogP contribution in [-0.2, 0) is 16.1 Å². The summed E-state index contributed by atoms with van der Waals surface area (Å²) in [7, 11) is 0. The Morgan fingerprint density at radius 3 is 3.04 bits per heavy atom. The monoisotopic (exact) mass is 387 g/mol. The lowest BCUT2D eigenvalue weighted by Gasteiger charge is -2.34. The Balaban J connectivity index is 1.28. The highest BCUT2D eigenvalue weighted by Crippen LogP contribution is 2.28. The van der Waals surface area contributed by atoms with Gasteiger partial charge in [0.05, 0.1) is 24.8 Å². The van der Waals surface area contributed by atoms with Gasteiger partial charge in [-0.3, -0.25) is 4.79 Å². The number of hydrogen-bond acceptors (Lipinski definition) is 5. The summed E-state index contributed by atoms with van der Waals surface area (Å²) >= 11 is 0. The number of hydrogen-bond donors (Lipinski definition) is 2. The van der Waals surface area contributed by atoms with Crippen LogP contribution in [0.4, 0.5) is 4.79 Å². The van der Waals surface area contributed by atoms with Gasteiger partial charge in [0.15, 0.2) is 6.10 Å². The van der Waals surface area contributed by atoms with Crippen LogP contribution < -0.4 is 10.1 Å². The number of aliphatic carboxylic acids is 1. The fourth-order valence-electron chi connectivity index (χ4n) is 4.08. The third-order valence-electron chi connectivity index (χ3n) is 5.53. The van der Waals surface area contributed by atoms with Crippen LogP contribution >= 0.6 is 0 Å². The minimum Gasteiger partial charge on any atom is -0.493 e. The number of benzene rings is 1. The largest absolute Gasteiger partial charge is 0.493 e. The molecule has 8 heteroatoms. The molecule has 3 aliphatic rings. The summed E-state index contributed by atoms with van der Waals surface area (Å²) in [6.07, 6.45) is 1.91. The summed E-state index contributed by atoms with van der Waals surface area (Å²) in [5.74, 6) is -0.248. The van der Waals surface area contributed by atoms with Crippen LogP contribution in [0.3, 0.4) is 0 Å². The van der Waals surface area contributed by atoms with Gasteiger partial charge in [-0.1, -0.05) is 12.1 Å². The minimum absolute atomic E-state index is 0.169. The number of nitrogens with one attached hydrogen (secondary N) is 1. The molecule has 0 radical (unpaired) electrons. The van der Waals surface area contributed by atoms with E-state index in [0.717, 1.165) is 23.4 Å². The van der Waals surface area contributed by atoms with E-state index in [0.29, 0.717) is 32.5 Å². The first-order chi connectivity index (χ1) is 13.5. The second-order valence-electron chi connectivity index (χ2n) is 7.86. The van der Waals surface area contributed by atoms with Gasteiger partial charge in [0.1, 0.15) is 5.75 Å². The van der Waals surface area contributed by atoms with Crippen molar-refractivity contribution in [3.63, 3.8) is 0 Å². The third-order valence-corrected chi connectivity index (χ3v) is 5.53. The summed E-state index contributed by atoms with van der Waals surface area (Å²) in [4.78, 5) is 30.8. The molecule has 0 aliphatic carbocycles. The maximum Gasteiger partial charge on any atom is 0.317 e. The van der Waals surface area contributed by atoms with Crippen LogP contribution in [0.5, 0.6) is 5.75 Å².